The van der Waals surface area contributed by atoms with E-state index >= 15 is 0 Å². The summed E-state index contributed by atoms with van der Waals surface area (Å²) < 4.78 is 4.82. The van der Waals surface area contributed by atoms with Crippen molar-refractivity contribution in [1.29, 1.82) is 0 Å². The Bertz CT molecular complexity index is 27.3. The summed E-state index contributed by atoms with van der Waals surface area (Å²) in [6.07, 6.45) is 2.12. The van der Waals surface area contributed by atoms with E-state index in [-0.39, 0.29) is 21.1 Å². The standard InChI is InChI=1S/C5H11O.W/c1-4-5(2)6-3;/h4H2,1-3H3;/q-1;. The van der Waals surface area contributed by atoms with Crippen LogP contribution >= 0.6 is 0 Å². The molecule has 0 radical (unpaired) electrons. The third kappa shape index (κ3) is 6.65. The maximum absolute atomic E-state index is 4.82. The predicted octanol–water partition coefficient (Wildman–Crippen LogP) is 1.59. The summed E-state index contributed by atoms with van der Waals surface area (Å²) in [6.45, 7) is 4.04. The molecule has 1 nitrogen and oxygen atoms in total. The summed E-state index contributed by atoms with van der Waals surface area (Å²) in [5.41, 5.74) is 0. The molecule has 7 heavy (non-hydrogen) atoms. The van der Waals surface area contributed by atoms with Gasteiger partial charge in [-0.1, -0.05) is 6.92 Å². The Balaban J connectivity index is 0. The van der Waals surface area contributed by atoms with Crippen LogP contribution in [0.4, 0.5) is 0 Å². The van der Waals surface area contributed by atoms with Gasteiger partial charge in [0.1, 0.15) is 0 Å². The Hall–Kier alpha value is 0.648. The van der Waals surface area contributed by atoms with Crippen LogP contribution in [0.3, 0.4) is 0 Å². The number of rotatable bonds is 2. The Morgan fingerprint density at radius 3 is 2.00 bits per heavy atom. The molecule has 0 spiro atoms. The van der Waals surface area contributed by atoms with Crippen LogP contribution in [0.1, 0.15) is 20.3 Å². The quantitative estimate of drug-likeness (QED) is 0.693. The van der Waals surface area contributed by atoms with E-state index in [0.29, 0.717) is 0 Å². The fraction of sp³-hybridized carbons (Fsp3) is 0.800. The van der Waals surface area contributed by atoms with Gasteiger partial charge in [0, 0.05) is 21.1 Å². The molecule has 0 bridgehead atoms. The molecule has 44 valence electrons. The zero-order chi connectivity index (χ0) is 4.99. The number of ether oxygens (including phenoxy) is 1. The molecule has 2 heteroatoms. The molecule has 0 atom stereocenters. The molecule has 0 unspecified atom stereocenters. The number of hydrogen-bond acceptors (Lipinski definition) is 1. The third-order valence-corrected chi connectivity index (χ3v) is 0.846. The molecular weight excluding hydrogens is 260 g/mol. The van der Waals surface area contributed by atoms with E-state index in [9.17, 15) is 0 Å². The van der Waals surface area contributed by atoms with Crippen molar-refractivity contribution in [3.05, 3.63) is 6.10 Å². The average molecular weight is 271 g/mol. The molecule has 0 rings (SSSR count). The fourth-order valence-electron chi connectivity index (χ4n) is 0.144. The van der Waals surface area contributed by atoms with Crippen molar-refractivity contribution < 1.29 is 25.8 Å². The average Bonchev–Trinajstić information content (AvgIpc) is 1.65. The molecule has 0 aliphatic rings. The van der Waals surface area contributed by atoms with E-state index in [0.717, 1.165) is 12.5 Å². The number of hydrogen-bond donors (Lipinski definition) is 0. The first-order chi connectivity index (χ1) is 2.81. The monoisotopic (exact) mass is 271 g/mol. The van der Waals surface area contributed by atoms with E-state index < -0.39 is 0 Å². The predicted molar refractivity (Wildman–Crippen MR) is 26.2 cm³/mol. The molecule has 0 aromatic heterocycles. The largest absolute Gasteiger partial charge is 0.551 e. The summed E-state index contributed by atoms with van der Waals surface area (Å²) in [4.78, 5) is 0. The Kier molecular flexibility index (Phi) is 10.1. The van der Waals surface area contributed by atoms with Gasteiger partial charge in [0.05, 0.1) is 0 Å². The molecule has 0 aromatic carbocycles. The third-order valence-electron chi connectivity index (χ3n) is 0.846. The van der Waals surface area contributed by atoms with Gasteiger partial charge in [0.25, 0.3) is 0 Å². The van der Waals surface area contributed by atoms with Crippen LogP contribution in [-0.2, 0) is 25.8 Å². The molecule has 0 aliphatic carbocycles. The zero-order valence-corrected chi connectivity index (χ0v) is 7.96. The summed E-state index contributed by atoms with van der Waals surface area (Å²) >= 11 is 0. The van der Waals surface area contributed by atoms with E-state index in [4.69, 9.17) is 4.74 Å². The summed E-state index contributed by atoms with van der Waals surface area (Å²) in [5, 5.41) is 0. The van der Waals surface area contributed by atoms with Crippen LogP contribution in [0.5, 0.6) is 0 Å². The summed E-state index contributed by atoms with van der Waals surface area (Å²) in [5.74, 6) is 0. The molecule has 0 fully saturated rings. The molecule has 0 amide bonds. The zero-order valence-electron chi connectivity index (χ0n) is 5.02. The van der Waals surface area contributed by atoms with Gasteiger partial charge in [-0.2, -0.15) is 13.3 Å². The van der Waals surface area contributed by atoms with Gasteiger partial charge in [-0.25, -0.2) is 6.10 Å². The Morgan fingerprint density at radius 2 is 2.00 bits per heavy atom. The Morgan fingerprint density at radius 1 is 1.57 bits per heavy atom. The van der Waals surface area contributed by atoms with Gasteiger partial charge < -0.3 is 4.74 Å². The van der Waals surface area contributed by atoms with E-state index in [1.165, 1.54) is 0 Å². The van der Waals surface area contributed by atoms with Crippen LogP contribution in [0.15, 0.2) is 0 Å². The van der Waals surface area contributed by atoms with Crippen molar-refractivity contribution in [2.45, 2.75) is 20.3 Å². The van der Waals surface area contributed by atoms with Crippen molar-refractivity contribution in [2.75, 3.05) is 7.11 Å². The summed E-state index contributed by atoms with van der Waals surface area (Å²) in [7, 11) is 1.69. The van der Waals surface area contributed by atoms with Crippen LogP contribution in [0.2, 0.25) is 0 Å². The second-order valence-electron chi connectivity index (χ2n) is 1.26. The second kappa shape index (κ2) is 6.65. The van der Waals surface area contributed by atoms with E-state index in [1.807, 2.05) is 6.92 Å². The number of methoxy groups -OCH3 is 1. The molecular formula is C5H11OW-. The van der Waals surface area contributed by atoms with Crippen molar-refractivity contribution in [3.8, 4) is 0 Å². The van der Waals surface area contributed by atoms with Crippen LogP contribution < -0.4 is 0 Å². The topological polar surface area (TPSA) is 9.23 Å². The van der Waals surface area contributed by atoms with E-state index in [1.54, 1.807) is 7.11 Å². The smallest absolute Gasteiger partial charge is 0 e. The molecule has 0 aromatic rings. The second-order valence-corrected chi connectivity index (χ2v) is 1.26. The fourth-order valence-corrected chi connectivity index (χ4v) is 0.144. The molecule has 0 heterocycles. The molecule has 0 saturated heterocycles. The van der Waals surface area contributed by atoms with Crippen molar-refractivity contribution >= 4 is 0 Å². The van der Waals surface area contributed by atoms with Crippen LogP contribution in [0.25, 0.3) is 0 Å². The minimum atomic E-state index is 0. The van der Waals surface area contributed by atoms with Gasteiger partial charge in [-0.3, -0.25) is 0 Å². The Labute approximate surface area is 59.7 Å². The van der Waals surface area contributed by atoms with E-state index in [2.05, 4.69) is 6.92 Å². The first kappa shape index (κ1) is 10.6. The maximum Gasteiger partial charge on any atom is 0 e. The minimum absolute atomic E-state index is 0. The molecule has 0 aliphatic heterocycles. The molecule has 0 saturated carbocycles. The SMILES string of the molecule is CC[C-](C)OC.[W]. The normalized spacial score (nSPS) is 8.57. The van der Waals surface area contributed by atoms with Gasteiger partial charge in [0.15, 0.2) is 0 Å². The van der Waals surface area contributed by atoms with Crippen molar-refractivity contribution in [3.63, 3.8) is 0 Å². The first-order valence-corrected chi connectivity index (χ1v) is 2.17. The van der Waals surface area contributed by atoms with Gasteiger partial charge in [-0.05, 0) is 7.11 Å². The van der Waals surface area contributed by atoms with Crippen molar-refractivity contribution in [1.82, 2.24) is 0 Å². The van der Waals surface area contributed by atoms with Gasteiger partial charge in [0.2, 0.25) is 0 Å². The molecule has 0 N–H and O–H groups in total. The summed E-state index contributed by atoms with van der Waals surface area (Å²) in [6, 6.07) is 0. The minimum Gasteiger partial charge on any atom is -0.551 e. The van der Waals surface area contributed by atoms with Crippen LogP contribution in [0, 0.1) is 6.10 Å². The first-order valence-electron chi connectivity index (χ1n) is 2.17. The van der Waals surface area contributed by atoms with Gasteiger partial charge >= 0.3 is 0 Å². The van der Waals surface area contributed by atoms with Crippen molar-refractivity contribution in [2.24, 2.45) is 0 Å². The van der Waals surface area contributed by atoms with Crippen LogP contribution in [-0.4, -0.2) is 7.11 Å². The maximum atomic E-state index is 4.82. The van der Waals surface area contributed by atoms with Gasteiger partial charge in [-0.15, -0.1) is 0 Å².